The molecular weight excluding hydrogens is 155 g/mol. The minimum absolute atomic E-state index is 0.274. The molecule has 1 fully saturated rings. The Hall–Kier alpha value is -0.400. The molecule has 1 saturated carbocycles. The third-order valence-corrected chi connectivity index (χ3v) is 2.78. The van der Waals surface area contributed by atoms with Crippen LogP contribution in [0.1, 0.15) is 51.9 Å². The summed E-state index contributed by atoms with van der Waals surface area (Å²) in [6.45, 7) is 1.38. The van der Waals surface area contributed by atoms with Crippen molar-refractivity contribution in [3.8, 4) is 0 Å². The Morgan fingerprint density at radius 3 is 1.92 bits per heavy atom. The van der Waals surface area contributed by atoms with Gasteiger partial charge in [-0.15, -0.1) is 0 Å². The zero-order valence-electron chi connectivity index (χ0n) is 7.74. The molecule has 0 aromatic rings. The van der Waals surface area contributed by atoms with Crippen LogP contribution in [0.3, 0.4) is 0 Å². The van der Waals surface area contributed by atoms with E-state index in [2.05, 4.69) is 0 Å². The summed E-state index contributed by atoms with van der Waals surface area (Å²) >= 11 is 0. The molecule has 1 rings (SSSR count). The molecule has 1 aliphatic carbocycles. The monoisotopic (exact) mass is 172 g/mol. The van der Waals surface area contributed by atoms with E-state index >= 15 is 0 Å². The number of hydrogen-bond acceptors (Lipinski definition) is 1. The van der Waals surface area contributed by atoms with Gasteiger partial charge in [0.15, 0.2) is 11.5 Å². The molecule has 12 heavy (non-hydrogen) atoms. The zero-order valence-corrected chi connectivity index (χ0v) is 7.74. The van der Waals surface area contributed by atoms with Crippen LogP contribution in [0.15, 0.2) is 0 Å². The molecule has 0 aliphatic heterocycles. The maximum absolute atomic E-state index is 13.8. The van der Waals surface area contributed by atoms with E-state index in [4.69, 9.17) is 0 Å². The van der Waals surface area contributed by atoms with E-state index in [9.17, 15) is 9.18 Å². The zero-order chi connectivity index (χ0) is 9.03. The Labute approximate surface area is 73.3 Å². The number of ketones is 1. The van der Waals surface area contributed by atoms with Crippen molar-refractivity contribution >= 4 is 5.78 Å². The van der Waals surface area contributed by atoms with Gasteiger partial charge in [0.2, 0.25) is 0 Å². The summed E-state index contributed by atoms with van der Waals surface area (Å²) in [6.07, 6.45) is 6.00. The van der Waals surface area contributed by atoms with Gasteiger partial charge in [-0.3, -0.25) is 4.79 Å². The average Bonchev–Trinajstić information content (AvgIpc) is 1.97. The van der Waals surface area contributed by atoms with Gasteiger partial charge in [0, 0.05) is 0 Å². The molecule has 0 radical (unpaired) electrons. The van der Waals surface area contributed by atoms with Crippen LogP contribution in [0.2, 0.25) is 0 Å². The largest absolute Gasteiger partial charge is 0.296 e. The lowest BCUT2D eigenvalue weighted by atomic mass is 9.86. The van der Waals surface area contributed by atoms with E-state index in [1.807, 2.05) is 0 Å². The van der Waals surface area contributed by atoms with E-state index in [0.717, 1.165) is 25.7 Å². The van der Waals surface area contributed by atoms with Crippen LogP contribution >= 0.6 is 0 Å². The van der Waals surface area contributed by atoms with Gasteiger partial charge in [-0.25, -0.2) is 4.39 Å². The molecule has 1 aliphatic rings. The fourth-order valence-corrected chi connectivity index (χ4v) is 1.82. The highest BCUT2D eigenvalue weighted by Crippen LogP contribution is 2.30. The van der Waals surface area contributed by atoms with Crippen molar-refractivity contribution < 1.29 is 9.18 Å². The van der Waals surface area contributed by atoms with Crippen molar-refractivity contribution in [2.45, 2.75) is 57.5 Å². The summed E-state index contributed by atoms with van der Waals surface area (Å²) in [5.41, 5.74) is -1.49. The minimum atomic E-state index is -1.49. The third kappa shape index (κ3) is 2.29. The predicted octanol–water partition coefficient (Wildman–Crippen LogP) is 3.03. The molecule has 1 nitrogen and oxygen atoms in total. The number of carbonyl (C=O) groups is 1. The molecule has 0 aromatic carbocycles. The highest BCUT2D eigenvalue weighted by molar-refractivity contribution is 5.84. The number of Topliss-reactive ketones (excluding diaryl/α,β-unsaturated/α-hetero) is 1. The lowest BCUT2D eigenvalue weighted by molar-refractivity contribution is -0.129. The van der Waals surface area contributed by atoms with Crippen molar-refractivity contribution in [3.05, 3.63) is 0 Å². The van der Waals surface area contributed by atoms with Gasteiger partial charge in [-0.1, -0.05) is 19.3 Å². The predicted molar refractivity (Wildman–Crippen MR) is 46.8 cm³/mol. The molecule has 0 saturated heterocycles. The normalized spacial score (nSPS) is 24.2. The Kier molecular flexibility index (Phi) is 3.24. The summed E-state index contributed by atoms with van der Waals surface area (Å²) < 4.78 is 13.8. The van der Waals surface area contributed by atoms with Crippen molar-refractivity contribution in [3.63, 3.8) is 0 Å². The summed E-state index contributed by atoms with van der Waals surface area (Å²) in [6, 6.07) is 0. The van der Waals surface area contributed by atoms with Crippen LogP contribution in [0, 0.1) is 0 Å². The van der Waals surface area contributed by atoms with Crippen LogP contribution < -0.4 is 0 Å². The van der Waals surface area contributed by atoms with Crippen LogP contribution in [-0.4, -0.2) is 11.5 Å². The van der Waals surface area contributed by atoms with Crippen LogP contribution in [-0.2, 0) is 4.79 Å². The fourth-order valence-electron chi connectivity index (χ4n) is 1.82. The maximum Gasteiger partial charge on any atom is 0.168 e. The van der Waals surface area contributed by atoms with Gasteiger partial charge in [-0.2, -0.15) is 0 Å². The number of carbonyl (C=O) groups excluding carboxylic acids is 1. The Morgan fingerprint density at radius 2 is 1.50 bits per heavy atom. The number of hydrogen-bond donors (Lipinski definition) is 0. The van der Waals surface area contributed by atoms with Gasteiger partial charge in [0.25, 0.3) is 0 Å². The maximum atomic E-state index is 13.8. The number of halogens is 1. The average molecular weight is 172 g/mol. The first kappa shape index (κ1) is 9.69. The summed E-state index contributed by atoms with van der Waals surface area (Å²) in [4.78, 5) is 11.0. The van der Waals surface area contributed by atoms with Crippen LogP contribution in [0.25, 0.3) is 0 Å². The molecule has 0 spiro atoms. The molecule has 0 amide bonds. The number of rotatable bonds is 1. The molecule has 0 bridgehead atoms. The van der Waals surface area contributed by atoms with Crippen molar-refractivity contribution in [1.82, 2.24) is 0 Å². The summed E-state index contributed by atoms with van der Waals surface area (Å²) in [5.74, 6) is -0.274. The first-order valence-electron chi connectivity index (χ1n) is 4.85. The standard InChI is InChI=1S/C10H17FO/c1-9(12)10(11)7-5-3-2-4-6-8-10/h2-8H2,1H3. The molecular formula is C10H17FO. The smallest absolute Gasteiger partial charge is 0.168 e. The van der Waals surface area contributed by atoms with Crippen LogP contribution in [0.4, 0.5) is 4.39 Å². The highest BCUT2D eigenvalue weighted by atomic mass is 19.1. The first-order chi connectivity index (χ1) is 5.65. The second-order valence-electron chi connectivity index (χ2n) is 3.79. The second-order valence-corrected chi connectivity index (χ2v) is 3.79. The van der Waals surface area contributed by atoms with Gasteiger partial charge in [0.05, 0.1) is 0 Å². The minimum Gasteiger partial charge on any atom is -0.296 e. The van der Waals surface area contributed by atoms with Gasteiger partial charge in [-0.05, 0) is 32.6 Å². The Bertz CT molecular complexity index is 157. The Balaban J connectivity index is 2.54. The molecule has 70 valence electrons. The van der Waals surface area contributed by atoms with Gasteiger partial charge < -0.3 is 0 Å². The lowest BCUT2D eigenvalue weighted by Crippen LogP contribution is -2.32. The quantitative estimate of drug-likeness (QED) is 0.594. The molecule has 0 atom stereocenters. The van der Waals surface area contributed by atoms with E-state index in [1.165, 1.54) is 13.3 Å². The van der Waals surface area contributed by atoms with Crippen molar-refractivity contribution in [2.24, 2.45) is 0 Å². The van der Waals surface area contributed by atoms with E-state index in [0.29, 0.717) is 12.8 Å². The molecule has 2 heteroatoms. The van der Waals surface area contributed by atoms with E-state index < -0.39 is 5.67 Å². The van der Waals surface area contributed by atoms with Gasteiger partial charge in [0.1, 0.15) is 0 Å². The molecule has 0 N–H and O–H groups in total. The SMILES string of the molecule is CC(=O)C1(F)CCCCCCC1. The van der Waals surface area contributed by atoms with E-state index in [-0.39, 0.29) is 5.78 Å². The first-order valence-corrected chi connectivity index (χ1v) is 4.85. The topological polar surface area (TPSA) is 17.1 Å². The lowest BCUT2D eigenvalue weighted by Gasteiger charge is -2.24. The fraction of sp³-hybridized carbons (Fsp3) is 0.900. The summed E-state index contributed by atoms with van der Waals surface area (Å²) in [5, 5.41) is 0. The van der Waals surface area contributed by atoms with Crippen LogP contribution in [0.5, 0.6) is 0 Å². The molecule has 0 heterocycles. The second kappa shape index (κ2) is 4.01. The summed E-state index contributed by atoms with van der Waals surface area (Å²) in [7, 11) is 0. The molecule has 0 unspecified atom stereocenters. The Morgan fingerprint density at radius 1 is 1.08 bits per heavy atom. The molecule has 0 aromatic heterocycles. The van der Waals surface area contributed by atoms with Crippen molar-refractivity contribution in [1.29, 1.82) is 0 Å². The van der Waals surface area contributed by atoms with E-state index in [1.54, 1.807) is 0 Å². The van der Waals surface area contributed by atoms with Gasteiger partial charge >= 0.3 is 0 Å². The van der Waals surface area contributed by atoms with Crippen molar-refractivity contribution in [2.75, 3.05) is 0 Å². The highest BCUT2D eigenvalue weighted by Gasteiger charge is 2.34. The number of alkyl halides is 1. The third-order valence-electron chi connectivity index (χ3n) is 2.78.